The van der Waals surface area contributed by atoms with E-state index >= 15 is 0 Å². The first-order valence-electron chi connectivity index (χ1n) is 3.98. The molecule has 0 aliphatic rings. The SMILES string of the molecule is O=[N+]([O-])c1cccc2c(Br)cnc(Cl)c12. The van der Waals surface area contributed by atoms with Crippen LogP contribution in [0.5, 0.6) is 0 Å². The third-order valence-corrected chi connectivity index (χ3v) is 2.91. The lowest BCUT2D eigenvalue weighted by Crippen LogP contribution is -1.91. The topological polar surface area (TPSA) is 56.0 Å². The number of nitro benzene ring substituents is 1. The summed E-state index contributed by atoms with van der Waals surface area (Å²) < 4.78 is 0.686. The van der Waals surface area contributed by atoms with Gasteiger partial charge in [0.25, 0.3) is 5.69 Å². The first kappa shape index (κ1) is 10.3. The van der Waals surface area contributed by atoms with E-state index in [0.717, 1.165) is 0 Å². The molecule has 6 heteroatoms. The molecule has 0 saturated carbocycles. The first-order chi connectivity index (χ1) is 7.11. The number of non-ortho nitro benzene ring substituents is 1. The molecule has 0 N–H and O–H groups in total. The van der Waals surface area contributed by atoms with Crippen molar-refractivity contribution in [3.63, 3.8) is 0 Å². The van der Waals surface area contributed by atoms with E-state index in [0.29, 0.717) is 15.2 Å². The number of nitrogens with zero attached hydrogens (tertiary/aromatic N) is 2. The Balaban J connectivity index is 2.96. The molecule has 15 heavy (non-hydrogen) atoms. The number of aromatic nitrogens is 1. The normalized spacial score (nSPS) is 10.5. The average molecular weight is 288 g/mol. The molecule has 0 radical (unpaired) electrons. The van der Waals surface area contributed by atoms with E-state index in [9.17, 15) is 10.1 Å². The molecule has 0 aliphatic heterocycles. The van der Waals surface area contributed by atoms with Crippen molar-refractivity contribution >= 4 is 44.0 Å². The first-order valence-corrected chi connectivity index (χ1v) is 5.15. The Morgan fingerprint density at radius 3 is 2.87 bits per heavy atom. The van der Waals surface area contributed by atoms with E-state index in [1.54, 1.807) is 12.1 Å². The molecule has 2 rings (SSSR count). The highest BCUT2D eigenvalue weighted by molar-refractivity contribution is 9.10. The molecule has 0 spiro atoms. The number of halogens is 2. The summed E-state index contributed by atoms with van der Waals surface area (Å²) >= 11 is 9.11. The number of nitro groups is 1. The van der Waals surface area contributed by atoms with Gasteiger partial charge in [-0.2, -0.15) is 0 Å². The molecule has 0 fully saturated rings. The molecule has 1 aromatic heterocycles. The van der Waals surface area contributed by atoms with Crippen LogP contribution in [0.4, 0.5) is 5.69 Å². The van der Waals surface area contributed by atoms with Crippen molar-refractivity contribution in [2.24, 2.45) is 0 Å². The fraction of sp³-hybridized carbons (Fsp3) is 0. The molecule has 4 nitrogen and oxygen atoms in total. The monoisotopic (exact) mass is 286 g/mol. The minimum atomic E-state index is -0.470. The van der Waals surface area contributed by atoms with Gasteiger partial charge in [0.05, 0.1) is 10.3 Å². The summed E-state index contributed by atoms with van der Waals surface area (Å²) in [5.74, 6) is 0. The number of fused-ring (bicyclic) bond motifs is 1. The van der Waals surface area contributed by atoms with Gasteiger partial charge in [0, 0.05) is 22.1 Å². The second-order valence-electron chi connectivity index (χ2n) is 2.85. The summed E-state index contributed by atoms with van der Waals surface area (Å²) in [6.07, 6.45) is 1.52. The fourth-order valence-electron chi connectivity index (χ4n) is 1.36. The molecule has 0 saturated heterocycles. The maximum Gasteiger partial charge on any atom is 0.280 e. The molecular formula is C9H4BrClN2O2. The van der Waals surface area contributed by atoms with Crippen LogP contribution in [-0.2, 0) is 0 Å². The van der Waals surface area contributed by atoms with Crippen LogP contribution in [0.3, 0.4) is 0 Å². The molecule has 0 amide bonds. The van der Waals surface area contributed by atoms with Crippen LogP contribution in [0.15, 0.2) is 28.9 Å². The zero-order valence-electron chi connectivity index (χ0n) is 7.28. The predicted octanol–water partition coefficient (Wildman–Crippen LogP) is 3.56. The van der Waals surface area contributed by atoms with E-state index in [2.05, 4.69) is 20.9 Å². The molecule has 76 valence electrons. The molecule has 0 aliphatic carbocycles. The van der Waals surface area contributed by atoms with Crippen LogP contribution in [-0.4, -0.2) is 9.91 Å². The number of rotatable bonds is 1. The standard InChI is InChI=1S/C9H4BrClN2O2/c10-6-4-12-9(11)8-5(6)2-1-3-7(8)13(14)15/h1-4H. The lowest BCUT2D eigenvalue weighted by molar-refractivity contribution is -0.383. The number of benzene rings is 1. The van der Waals surface area contributed by atoms with Crippen molar-refractivity contribution in [1.82, 2.24) is 4.98 Å². The van der Waals surface area contributed by atoms with Crippen LogP contribution in [0, 0.1) is 10.1 Å². The molecule has 0 atom stereocenters. The van der Waals surface area contributed by atoms with Crippen LogP contribution in [0.1, 0.15) is 0 Å². The minimum Gasteiger partial charge on any atom is -0.258 e. The van der Waals surface area contributed by atoms with Gasteiger partial charge in [-0.25, -0.2) is 4.98 Å². The van der Waals surface area contributed by atoms with Crippen molar-refractivity contribution in [3.8, 4) is 0 Å². The lowest BCUT2D eigenvalue weighted by Gasteiger charge is -2.02. The van der Waals surface area contributed by atoms with E-state index in [4.69, 9.17) is 11.6 Å². The smallest absolute Gasteiger partial charge is 0.258 e. The highest BCUT2D eigenvalue weighted by atomic mass is 79.9. The molecule has 1 heterocycles. The molecule has 2 aromatic rings. The minimum absolute atomic E-state index is 0.0358. The van der Waals surface area contributed by atoms with Gasteiger partial charge >= 0.3 is 0 Å². The molecule has 0 bridgehead atoms. The number of pyridine rings is 1. The number of hydrogen-bond donors (Lipinski definition) is 0. The van der Waals surface area contributed by atoms with Crippen LogP contribution in [0.25, 0.3) is 10.8 Å². The van der Waals surface area contributed by atoms with Crippen molar-refractivity contribution < 1.29 is 4.92 Å². The average Bonchev–Trinajstić information content (AvgIpc) is 2.23. The second-order valence-corrected chi connectivity index (χ2v) is 4.07. The van der Waals surface area contributed by atoms with Gasteiger partial charge in [0.2, 0.25) is 0 Å². The van der Waals surface area contributed by atoms with Gasteiger partial charge in [-0.15, -0.1) is 0 Å². The van der Waals surface area contributed by atoms with Gasteiger partial charge in [0.15, 0.2) is 0 Å². The quantitative estimate of drug-likeness (QED) is 0.458. The third kappa shape index (κ3) is 1.68. The van der Waals surface area contributed by atoms with E-state index < -0.39 is 4.92 Å². The van der Waals surface area contributed by atoms with Gasteiger partial charge in [-0.05, 0) is 15.9 Å². The molecule has 0 unspecified atom stereocenters. The fourth-order valence-corrected chi connectivity index (χ4v) is 2.04. The van der Waals surface area contributed by atoms with Gasteiger partial charge in [-0.3, -0.25) is 10.1 Å². The van der Waals surface area contributed by atoms with E-state index in [1.807, 2.05) is 0 Å². The zero-order valence-corrected chi connectivity index (χ0v) is 9.62. The Morgan fingerprint density at radius 2 is 2.20 bits per heavy atom. The Bertz CT molecular complexity index is 559. The highest BCUT2D eigenvalue weighted by Gasteiger charge is 2.16. The third-order valence-electron chi connectivity index (χ3n) is 1.99. The van der Waals surface area contributed by atoms with Crippen LogP contribution >= 0.6 is 27.5 Å². The highest BCUT2D eigenvalue weighted by Crippen LogP contribution is 2.34. The van der Waals surface area contributed by atoms with Crippen molar-refractivity contribution in [3.05, 3.63) is 44.1 Å². The van der Waals surface area contributed by atoms with Crippen molar-refractivity contribution in [2.75, 3.05) is 0 Å². The van der Waals surface area contributed by atoms with Crippen molar-refractivity contribution in [2.45, 2.75) is 0 Å². The Hall–Kier alpha value is -1.20. The van der Waals surface area contributed by atoms with Crippen molar-refractivity contribution in [1.29, 1.82) is 0 Å². The summed E-state index contributed by atoms with van der Waals surface area (Å²) in [6.45, 7) is 0. The zero-order chi connectivity index (χ0) is 11.0. The maximum atomic E-state index is 10.8. The Kier molecular flexibility index (Phi) is 2.58. The summed E-state index contributed by atoms with van der Waals surface area (Å²) in [5.41, 5.74) is -0.0358. The summed E-state index contributed by atoms with van der Waals surface area (Å²) in [7, 11) is 0. The number of hydrogen-bond acceptors (Lipinski definition) is 3. The van der Waals surface area contributed by atoms with E-state index in [1.165, 1.54) is 12.3 Å². The van der Waals surface area contributed by atoms with Crippen LogP contribution < -0.4 is 0 Å². The van der Waals surface area contributed by atoms with E-state index in [-0.39, 0.29) is 10.8 Å². The predicted molar refractivity (Wildman–Crippen MR) is 61.1 cm³/mol. The van der Waals surface area contributed by atoms with Gasteiger partial charge in [0.1, 0.15) is 5.15 Å². The summed E-state index contributed by atoms with van der Waals surface area (Å²) in [6, 6.07) is 4.77. The Morgan fingerprint density at radius 1 is 1.47 bits per heavy atom. The largest absolute Gasteiger partial charge is 0.280 e. The molecular weight excluding hydrogens is 283 g/mol. The molecule has 1 aromatic carbocycles. The van der Waals surface area contributed by atoms with Gasteiger partial charge in [-0.1, -0.05) is 23.7 Å². The Labute approximate surface area is 98.2 Å². The second kappa shape index (κ2) is 3.75. The summed E-state index contributed by atoms with van der Waals surface area (Å²) in [5, 5.41) is 12.0. The maximum absolute atomic E-state index is 10.8. The van der Waals surface area contributed by atoms with Crippen LogP contribution in [0.2, 0.25) is 5.15 Å². The van der Waals surface area contributed by atoms with Gasteiger partial charge < -0.3 is 0 Å². The summed E-state index contributed by atoms with van der Waals surface area (Å²) in [4.78, 5) is 14.2. The lowest BCUT2D eigenvalue weighted by atomic mass is 10.1.